The highest BCUT2D eigenvalue weighted by molar-refractivity contribution is 5.21. The summed E-state index contributed by atoms with van der Waals surface area (Å²) in [6, 6.07) is 0. The van der Waals surface area contributed by atoms with E-state index in [0.29, 0.717) is 0 Å². The molecule has 40 valence electrons. The fourth-order valence-electron chi connectivity index (χ4n) is 0.0258. The molecule has 0 unspecified atom stereocenters. The van der Waals surface area contributed by atoms with E-state index in [4.69, 9.17) is 11.7 Å². The normalized spacial score (nSPS) is 10.6. The zero-order valence-electron chi connectivity index (χ0n) is 3.61. The van der Waals surface area contributed by atoms with E-state index in [1.807, 2.05) is 0 Å². The van der Waals surface area contributed by atoms with Gasteiger partial charge in [0.2, 0.25) is 5.29 Å². The first-order valence-electron chi connectivity index (χ1n) is 1.42. The third kappa shape index (κ3) is 1.93. The lowest BCUT2D eigenvalue weighted by atomic mass is 11.7. The minimum atomic E-state index is -1.28. The lowest BCUT2D eigenvalue weighted by molar-refractivity contribution is -0.965. The smallest absolute Gasteiger partial charge is 0.103 e. The van der Waals surface area contributed by atoms with Crippen LogP contribution in [0.15, 0.2) is 10.4 Å². The summed E-state index contributed by atoms with van der Waals surface area (Å²) in [5.41, 5.74) is 0. The lowest BCUT2D eigenvalue weighted by Gasteiger charge is -2.02. The second-order valence-corrected chi connectivity index (χ2v) is 0.923. The molecule has 0 fully saturated rings. The van der Waals surface area contributed by atoms with Crippen LogP contribution < -0.4 is 11.7 Å². The molecule has 0 aliphatic heterocycles. The average molecular weight is 104 g/mol. The Labute approximate surface area is 39.9 Å². The van der Waals surface area contributed by atoms with Crippen LogP contribution in [0.2, 0.25) is 0 Å². The Bertz CT molecular complexity index is 76.1. The summed E-state index contributed by atoms with van der Waals surface area (Å²) in [6.07, 6.45) is 0. The molecule has 4 N–H and O–H groups in total. The van der Waals surface area contributed by atoms with Gasteiger partial charge in [-0.15, -0.1) is 11.7 Å². The first-order valence-corrected chi connectivity index (χ1v) is 1.42. The Hall–Kier alpha value is -0.850. The molecule has 6 heteroatoms. The zero-order chi connectivity index (χ0) is 5.91. The van der Waals surface area contributed by atoms with Crippen molar-refractivity contribution in [1.82, 2.24) is 0 Å². The summed E-state index contributed by atoms with van der Waals surface area (Å²) in [6.45, 7) is 2.88. The van der Waals surface area contributed by atoms with Gasteiger partial charge < -0.3 is 0 Å². The van der Waals surface area contributed by atoms with E-state index in [1.54, 1.807) is 0 Å². The maximum absolute atomic E-state index is 9.40. The van der Waals surface area contributed by atoms with Crippen LogP contribution in [0.25, 0.3) is 0 Å². The van der Waals surface area contributed by atoms with Gasteiger partial charge in [-0.05, 0) is 5.10 Å². The number of hydrogen-bond donors (Lipinski definition) is 2. The SMILES string of the molecule is C=N[N+](N)(N)N=O. The first kappa shape index (κ1) is 6.15. The highest BCUT2D eigenvalue weighted by atomic mass is 16.4. The molecule has 0 atom stereocenters. The van der Waals surface area contributed by atoms with Gasteiger partial charge in [0, 0.05) is 0 Å². The Morgan fingerprint density at radius 3 is 2.00 bits per heavy atom. The van der Waals surface area contributed by atoms with Crippen molar-refractivity contribution in [3.05, 3.63) is 4.91 Å². The number of rotatable bonds is 2. The van der Waals surface area contributed by atoms with Gasteiger partial charge in [-0.1, -0.05) is 4.91 Å². The van der Waals surface area contributed by atoms with Gasteiger partial charge in [0.1, 0.15) is 4.92 Å². The standard InChI is InChI=1S/CH6N5O/c1-4-6(2,3)5-7/h1-3H2/q+1. The highest BCUT2D eigenvalue weighted by Crippen LogP contribution is 1.82. The van der Waals surface area contributed by atoms with Gasteiger partial charge in [-0.25, -0.2) is 0 Å². The largest absolute Gasteiger partial charge is 0.227 e. The van der Waals surface area contributed by atoms with E-state index < -0.39 is 4.92 Å². The zero-order valence-corrected chi connectivity index (χ0v) is 3.61. The van der Waals surface area contributed by atoms with Crippen molar-refractivity contribution >= 4 is 6.72 Å². The lowest BCUT2D eigenvalue weighted by Crippen LogP contribution is -2.50. The molecule has 0 aromatic heterocycles. The molecule has 0 aliphatic rings. The number of hydrogen-bond acceptors (Lipinski definition) is 5. The van der Waals surface area contributed by atoms with Crippen molar-refractivity contribution in [2.75, 3.05) is 0 Å². The van der Waals surface area contributed by atoms with Crippen LogP contribution in [-0.4, -0.2) is 11.6 Å². The molecule has 0 aliphatic carbocycles. The van der Waals surface area contributed by atoms with Crippen LogP contribution in [-0.2, 0) is 0 Å². The number of quaternary nitrogens is 1. The summed E-state index contributed by atoms with van der Waals surface area (Å²) in [7, 11) is 0. The quantitative estimate of drug-likeness (QED) is 0.152. The molecule has 6 nitrogen and oxygen atoms in total. The fourth-order valence-corrected chi connectivity index (χ4v) is 0.0258. The van der Waals surface area contributed by atoms with Crippen LogP contribution in [0.3, 0.4) is 0 Å². The van der Waals surface area contributed by atoms with Crippen molar-refractivity contribution in [1.29, 1.82) is 0 Å². The molecule has 0 saturated heterocycles. The summed E-state index contributed by atoms with van der Waals surface area (Å²) in [5, 5.41) is 5.06. The Morgan fingerprint density at radius 1 is 1.57 bits per heavy atom. The van der Waals surface area contributed by atoms with E-state index in [9.17, 15) is 4.91 Å². The van der Waals surface area contributed by atoms with Crippen LogP contribution in [0.5, 0.6) is 0 Å². The Morgan fingerprint density at radius 2 is 2.00 bits per heavy atom. The minimum Gasteiger partial charge on any atom is -0.103 e. The van der Waals surface area contributed by atoms with Crippen LogP contribution in [0.1, 0.15) is 0 Å². The van der Waals surface area contributed by atoms with Crippen LogP contribution in [0, 0.1) is 4.91 Å². The number of nitroso groups, excluding NO2 is 1. The number of nitrogens with zero attached hydrogens (tertiary/aromatic N) is 3. The monoisotopic (exact) mass is 104 g/mol. The molecule has 0 aromatic rings. The maximum Gasteiger partial charge on any atom is 0.227 e. The predicted octanol–water partition coefficient (Wildman–Crippen LogP) is -1.15. The fraction of sp³-hybridized carbons (Fsp3) is 0. The van der Waals surface area contributed by atoms with Crippen LogP contribution >= 0.6 is 0 Å². The topological polar surface area (TPSA) is 93.8 Å². The van der Waals surface area contributed by atoms with Crippen molar-refractivity contribution in [3.8, 4) is 0 Å². The molecule has 0 amide bonds. The molecule has 0 aromatic carbocycles. The van der Waals surface area contributed by atoms with Gasteiger partial charge in [-0.2, -0.15) is 0 Å². The first-order chi connectivity index (χ1) is 3.12. The number of nitrogens with two attached hydrogens (primary N) is 2. The molecular formula is CH6N5O+. The van der Waals surface area contributed by atoms with Gasteiger partial charge in [0.25, 0.3) is 0 Å². The second kappa shape index (κ2) is 1.73. The summed E-state index contributed by atoms with van der Waals surface area (Å²) >= 11 is 0. The predicted molar refractivity (Wildman–Crippen MR) is 24.0 cm³/mol. The van der Waals surface area contributed by atoms with Crippen LogP contribution in [0.4, 0.5) is 0 Å². The van der Waals surface area contributed by atoms with Crippen molar-refractivity contribution in [3.63, 3.8) is 0 Å². The second-order valence-electron chi connectivity index (χ2n) is 0.923. The van der Waals surface area contributed by atoms with Gasteiger partial charge in [0.05, 0.1) is 6.72 Å². The van der Waals surface area contributed by atoms with Crippen molar-refractivity contribution < 1.29 is 4.92 Å². The van der Waals surface area contributed by atoms with Crippen molar-refractivity contribution in [2.45, 2.75) is 0 Å². The molecule has 0 bridgehead atoms. The maximum atomic E-state index is 9.40. The highest BCUT2D eigenvalue weighted by Gasteiger charge is 2.13. The van der Waals surface area contributed by atoms with E-state index in [1.165, 1.54) is 0 Å². The third-order valence-electron chi connectivity index (χ3n) is 0.357. The van der Waals surface area contributed by atoms with Gasteiger partial charge in [-0.3, -0.25) is 0 Å². The molecular weight excluding hydrogens is 98.0 g/mol. The molecule has 0 radical (unpaired) electrons. The van der Waals surface area contributed by atoms with E-state index in [2.05, 4.69) is 17.1 Å². The van der Waals surface area contributed by atoms with E-state index in [0.717, 1.165) is 0 Å². The van der Waals surface area contributed by atoms with Crippen molar-refractivity contribution in [2.24, 2.45) is 22.1 Å². The van der Waals surface area contributed by atoms with Gasteiger partial charge in [0.15, 0.2) is 0 Å². The third-order valence-corrected chi connectivity index (χ3v) is 0.357. The summed E-state index contributed by atoms with van der Waals surface area (Å²) < 4.78 is 0. The molecule has 7 heavy (non-hydrogen) atoms. The minimum absolute atomic E-state index is 1.28. The average Bonchev–Trinajstić information content (AvgIpc) is 1.68. The molecule has 0 spiro atoms. The molecule has 0 rings (SSSR count). The molecule has 0 saturated carbocycles. The van der Waals surface area contributed by atoms with Gasteiger partial charge >= 0.3 is 0 Å². The van der Waals surface area contributed by atoms with E-state index in [-0.39, 0.29) is 0 Å². The van der Waals surface area contributed by atoms with E-state index >= 15 is 0 Å². The summed E-state index contributed by atoms with van der Waals surface area (Å²) in [5.74, 6) is 9.44. The molecule has 0 heterocycles. The Balaban J connectivity index is 3.82. The summed E-state index contributed by atoms with van der Waals surface area (Å²) in [4.78, 5) is 8.12. The Kier molecular flexibility index (Phi) is 1.52.